The van der Waals surface area contributed by atoms with Crippen LogP contribution in [0.3, 0.4) is 0 Å². The third kappa shape index (κ3) is 10.7. The van der Waals surface area contributed by atoms with E-state index in [-0.39, 0.29) is 51.0 Å². The largest absolute Gasteiger partial charge is 1.00 e. The van der Waals surface area contributed by atoms with Gasteiger partial charge in [-0.2, -0.15) is 6.08 Å². The summed E-state index contributed by atoms with van der Waals surface area (Å²) < 4.78 is 0. The fourth-order valence-electron chi connectivity index (χ4n) is 1.17. The molecule has 0 aliphatic heterocycles. The summed E-state index contributed by atoms with van der Waals surface area (Å²) in [6.45, 7) is 4.30. The number of halogens is 2. The van der Waals surface area contributed by atoms with Crippen molar-refractivity contribution in [1.29, 1.82) is 0 Å². The van der Waals surface area contributed by atoms with E-state index in [1.165, 1.54) is 17.6 Å². The Kier molecular flexibility index (Phi) is 17.3. The van der Waals surface area contributed by atoms with Gasteiger partial charge < -0.3 is 24.8 Å². The summed E-state index contributed by atoms with van der Waals surface area (Å²) in [5, 5.41) is 0. The van der Waals surface area contributed by atoms with E-state index in [9.17, 15) is 0 Å². The molecule has 0 radical (unpaired) electrons. The van der Waals surface area contributed by atoms with Gasteiger partial charge in [0, 0.05) is 26.2 Å². The standard InChI is InChI=1S/C7H10.C5H5.2ClH.Zr/c1-6-3-4-7(2)5-6;1-2-4-5-3-1;;;/h3,5H,4H2,1-2H3;1-3H,4H2;2*1H;/q;-1;;;/p-2. The molecular formula is C12H15Cl2Zr-3. The molecule has 0 amide bonds. The van der Waals surface area contributed by atoms with Gasteiger partial charge in [-0.25, -0.2) is 12.2 Å². The number of hydrogen-bond acceptors (Lipinski definition) is 0. The molecule has 0 N–H and O–H groups in total. The van der Waals surface area contributed by atoms with Gasteiger partial charge >= 0.3 is 0 Å². The van der Waals surface area contributed by atoms with Gasteiger partial charge in [-0.05, 0) is 20.3 Å². The molecule has 15 heavy (non-hydrogen) atoms. The van der Waals surface area contributed by atoms with Crippen molar-refractivity contribution < 1.29 is 51.0 Å². The average Bonchev–Trinajstić information content (AvgIpc) is 2.63. The van der Waals surface area contributed by atoms with Crippen molar-refractivity contribution in [3.63, 3.8) is 0 Å². The van der Waals surface area contributed by atoms with Gasteiger partial charge in [-0.1, -0.05) is 23.3 Å². The summed E-state index contributed by atoms with van der Waals surface area (Å²) in [6.07, 6.45) is 15.6. The third-order valence-electron chi connectivity index (χ3n) is 1.81. The molecule has 0 atom stereocenters. The van der Waals surface area contributed by atoms with E-state index in [1.807, 2.05) is 12.2 Å². The molecule has 2 rings (SSSR count). The zero-order valence-electron chi connectivity index (χ0n) is 9.06. The van der Waals surface area contributed by atoms with Crippen LogP contribution in [-0.2, 0) is 26.2 Å². The van der Waals surface area contributed by atoms with Crippen molar-refractivity contribution >= 4 is 0 Å². The maximum absolute atomic E-state index is 2.99. The van der Waals surface area contributed by atoms with Gasteiger partial charge in [0.15, 0.2) is 0 Å². The summed E-state index contributed by atoms with van der Waals surface area (Å²) in [5.41, 5.74) is 2.90. The van der Waals surface area contributed by atoms with Crippen LogP contribution in [0.1, 0.15) is 26.7 Å². The Morgan fingerprint density at radius 2 is 1.87 bits per heavy atom. The summed E-state index contributed by atoms with van der Waals surface area (Å²) in [7, 11) is 0. The Morgan fingerprint density at radius 1 is 1.20 bits per heavy atom. The van der Waals surface area contributed by atoms with Crippen molar-refractivity contribution in [2.24, 2.45) is 0 Å². The molecule has 2 aliphatic carbocycles. The topological polar surface area (TPSA) is 0 Å². The predicted octanol–water partition coefficient (Wildman–Crippen LogP) is -2.41. The zero-order chi connectivity index (χ0) is 8.81. The summed E-state index contributed by atoms with van der Waals surface area (Å²) in [6, 6.07) is 0. The minimum Gasteiger partial charge on any atom is -1.00 e. The predicted molar refractivity (Wildman–Crippen MR) is 53.7 cm³/mol. The van der Waals surface area contributed by atoms with Crippen LogP contribution in [0.2, 0.25) is 0 Å². The Labute approximate surface area is 125 Å². The molecule has 0 unspecified atom stereocenters. The molecule has 0 aromatic carbocycles. The fourth-order valence-corrected chi connectivity index (χ4v) is 1.17. The molecule has 0 bridgehead atoms. The first-order valence-electron chi connectivity index (χ1n) is 4.34. The Balaban J connectivity index is -0.000000165. The summed E-state index contributed by atoms with van der Waals surface area (Å²) in [4.78, 5) is 0. The van der Waals surface area contributed by atoms with Gasteiger partial charge in [-0.3, -0.25) is 6.08 Å². The van der Waals surface area contributed by atoms with Crippen LogP contribution in [-0.4, -0.2) is 0 Å². The van der Waals surface area contributed by atoms with Crippen molar-refractivity contribution in [1.82, 2.24) is 0 Å². The van der Waals surface area contributed by atoms with Crippen LogP contribution in [0.15, 0.2) is 41.5 Å². The van der Waals surface area contributed by atoms with E-state index in [0.29, 0.717) is 0 Å². The quantitative estimate of drug-likeness (QED) is 0.436. The van der Waals surface area contributed by atoms with Crippen molar-refractivity contribution in [2.45, 2.75) is 26.7 Å². The van der Waals surface area contributed by atoms with E-state index in [1.54, 1.807) is 0 Å². The van der Waals surface area contributed by atoms with Crippen LogP contribution in [0, 0.1) is 6.08 Å². The fraction of sp³-hybridized carbons (Fsp3) is 0.333. The van der Waals surface area contributed by atoms with Crippen LogP contribution in [0.4, 0.5) is 0 Å². The first kappa shape index (κ1) is 20.8. The van der Waals surface area contributed by atoms with Gasteiger partial charge in [0.2, 0.25) is 0 Å². The second-order valence-electron chi connectivity index (χ2n) is 3.15. The zero-order valence-corrected chi connectivity index (χ0v) is 13.0. The van der Waals surface area contributed by atoms with E-state index in [4.69, 9.17) is 0 Å². The van der Waals surface area contributed by atoms with Crippen LogP contribution in [0.5, 0.6) is 0 Å². The molecule has 0 spiro atoms. The molecule has 0 heterocycles. The summed E-state index contributed by atoms with van der Waals surface area (Å²) in [5.74, 6) is 0. The average molecular weight is 321 g/mol. The first-order chi connectivity index (χ1) is 5.79. The summed E-state index contributed by atoms with van der Waals surface area (Å²) >= 11 is 0. The molecule has 84 valence electrons. The van der Waals surface area contributed by atoms with Gasteiger partial charge in [-0.15, -0.1) is 6.42 Å². The molecule has 0 fully saturated rings. The van der Waals surface area contributed by atoms with Crippen molar-refractivity contribution in [3.05, 3.63) is 47.6 Å². The van der Waals surface area contributed by atoms with E-state index in [0.717, 1.165) is 6.42 Å². The monoisotopic (exact) mass is 319 g/mol. The van der Waals surface area contributed by atoms with E-state index < -0.39 is 0 Å². The molecule has 0 saturated heterocycles. The SMILES string of the molecule is CC1=CCC(C)=C1.[C-]1=CC=CC1.[Cl-].[Cl-].[Zr]. The smallest absolute Gasteiger partial charge is 0 e. The third-order valence-corrected chi connectivity index (χ3v) is 1.81. The van der Waals surface area contributed by atoms with E-state index >= 15 is 0 Å². The normalized spacial score (nSPS) is 14.8. The van der Waals surface area contributed by atoms with Gasteiger partial charge in [0.05, 0.1) is 0 Å². The Hall–Kier alpha value is 0.423. The van der Waals surface area contributed by atoms with Crippen molar-refractivity contribution in [3.8, 4) is 0 Å². The first-order valence-corrected chi connectivity index (χ1v) is 4.34. The number of allylic oxidation sites excluding steroid dienone is 8. The van der Waals surface area contributed by atoms with Gasteiger partial charge in [0.25, 0.3) is 0 Å². The second kappa shape index (κ2) is 12.5. The second-order valence-corrected chi connectivity index (χ2v) is 3.15. The number of rotatable bonds is 0. The Bertz CT molecular complexity index is 253. The van der Waals surface area contributed by atoms with Crippen LogP contribution in [0.25, 0.3) is 0 Å². The molecule has 0 saturated carbocycles. The maximum Gasteiger partial charge on any atom is 0 e. The van der Waals surface area contributed by atoms with Gasteiger partial charge in [0.1, 0.15) is 0 Å². The van der Waals surface area contributed by atoms with Crippen molar-refractivity contribution in [2.75, 3.05) is 0 Å². The number of hydrogen-bond donors (Lipinski definition) is 0. The minimum absolute atomic E-state index is 0. The Morgan fingerprint density at radius 3 is 2.00 bits per heavy atom. The minimum atomic E-state index is 0. The molecule has 2 aliphatic rings. The van der Waals surface area contributed by atoms with Crippen LogP contribution < -0.4 is 24.8 Å². The molecule has 0 aromatic rings. The molecule has 0 nitrogen and oxygen atoms in total. The molecule has 0 aromatic heterocycles. The molecule has 3 heteroatoms. The molecular weight excluding hydrogens is 306 g/mol. The van der Waals surface area contributed by atoms with Crippen LogP contribution >= 0.6 is 0 Å². The maximum atomic E-state index is 2.99. The van der Waals surface area contributed by atoms with E-state index in [2.05, 4.69) is 38.2 Å².